The van der Waals surface area contributed by atoms with Gasteiger partial charge in [0.1, 0.15) is 11.6 Å². The lowest BCUT2D eigenvalue weighted by molar-refractivity contribution is -0.384. The number of rotatable bonds is 5. The van der Waals surface area contributed by atoms with Crippen LogP contribution in [0.3, 0.4) is 0 Å². The molecular formula is C14H16N4O2. The summed E-state index contributed by atoms with van der Waals surface area (Å²) < 4.78 is 0. The number of benzene rings is 1. The number of nitrogens with one attached hydrogen (secondary N) is 1. The molecule has 2 aromatic rings. The number of nitro groups is 1. The number of non-ortho nitro benzene ring substituents is 1. The Hall–Kier alpha value is -2.50. The summed E-state index contributed by atoms with van der Waals surface area (Å²) in [6.07, 6.45) is 1.72. The highest BCUT2D eigenvalue weighted by atomic mass is 16.6. The summed E-state index contributed by atoms with van der Waals surface area (Å²) in [5, 5.41) is 13.8. The Labute approximate surface area is 117 Å². The minimum atomic E-state index is -0.406. The van der Waals surface area contributed by atoms with Gasteiger partial charge in [-0.3, -0.25) is 10.1 Å². The molecule has 0 radical (unpaired) electrons. The largest absolute Gasteiger partial charge is 0.373 e. The molecule has 0 saturated heterocycles. The summed E-state index contributed by atoms with van der Waals surface area (Å²) >= 11 is 0. The van der Waals surface area contributed by atoms with Crippen molar-refractivity contribution in [2.75, 3.05) is 12.4 Å². The second kappa shape index (κ2) is 6.10. The standard InChI is InChI=1S/C14H16N4O2/c1-3-5-13-16-12(9-14(15-2)17-13)10-6-4-7-11(8-10)18(19)20/h4,6-9H,3,5H2,1-2H3,(H,15,16,17). The Kier molecular flexibility index (Phi) is 4.24. The van der Waals surface area contributed by atoms with Gasteiger partial charge in [-0.1, -0.05) is 19.1 Å². The van der Waals surface area contributed by atoms with Gasteiger partial charge in [-0.25, -0.2) is 9.97 Å². The zero-order valence-corrected chi connectivity index (χ0v) is 11.5. The number of aryl methyl sites for hydroxylation is 1. The number of nitro benzene ring substituents is 1. The van der Waals surface area contributed by atoms with Crippen molar-refractivity contribution in [1.29, 1.82) is 0 Å². The van der Waals surface area contributed by atoms with Crippen molar-refractivity contribution in [3.05, 3.63) is 46.3 Å². The zero-order chi connectivity index (χ0) is 14.5. The van der Waals surface area contributed by atoms with Crippen molar-refractivity contribution < 1.29 is 4.92 Å². The highest BCUT2D eigenvalue weighted by molar-refractivity contribution is 5.65. The lowest BCUT2D eigenvalue weighted by atomic mass is 10.1. The second-order valence-electron chi connectivity index (χ2n) is 4.36. The molecule has 0 spiro atoms. The van der Waals surface area contributed by atoms with E-state index in [4.69, 9.17) is 0 Å². The van der Waals surface area contributed by atoms with Gasteiger partial charge in [-0.2, -0.15) is 0 Å². The summed E-state index contributed by atoms with van der Waals surface area (Å²) in [7, 11) is 1.79. The highest BCUT2D eigenvalue weighted by Crippen LogP contribution is 2.24. The van der Waals surface area contributed by atoms with Crippen LogP contribution < -0.4 is 5.32 Å². The normalized spacial score (nSPS) is 10.3. The minimum absolute atomic E-state index is 0.0594. The first-order chi connectivity index (χ1) is 9.63. The molecular weight excluding hydrogens is 256 g/mol. The maximum atomic E-state index is 10.8. The van der Waals surface area contributed by atoms with Crippen molar-refractivity contribution in [3.63, 3.8) is 0 Å². The quantitative estimate of drug-likeness (QED) is 0.668. The van der Waals surface area contributed by atoms with Gasteiger partial charge in [0.2, 0.25) is 0 Å². The van der Waals surface area contributed by atoms with E-state index in [0.717, 1.165) is 24.2 Å². The van der Waals surface area contributed by atoms with Crippen molar-refractivity contribution in [3.8, 4) is 11.3 Å². The van der Waals surface area contributed by atoms with E-state index in [2.05, 4.69) is 22.2 Å². The van der Waals surface area contributed by atoms with E-state index in [0.29, 0.717) is 11.5 Å². The Morgan fingerprint density at radius 3 is 2.75 bits per heavy atom. The summed E-state index contributed by atoms with van der Waals surface area (Å²) in [4.78, 5) is 19.3. The predicted octanol–water partition coefficient (Wildman–Crippen LogP) is 3.05. The van der Waals surface area contributed by atoms with E-state index in [1.807, 2.05) is 6.07 Å². The van der Waals surface area contributed by atoms with Gasteiger partial charge < -0.3 is 5.32 Å². The van der Waals surface area contributed by atoms with Crippen molar-refractivity contribution in [2.24, 2.45) is 0 Å². The average molecular weight is 272 g/mol. The zero-order valence-electron chi connectivity index (χ0n) is 11.5. The van der Waals surface area contributed by atoms with Crippen molar-refractivity contribution >= 4 is 11.5 Å². The molecule has 0 bridgehead atoms. The van der Waals surface area contributed by atoms with Crippen molar-refractivity contribution in [1.82, 2.24) is 9.97 Å². The fraction of sp³-hybridized carbons (Fsp3) is 0.286. The lowest BCUT2D eigenvalue weighted by Crippen LogP contribution is -2.01. The van der Waals surface area contributed by atoms with Gasteiger partial charge in [-0.05, 0) is 6.42 Å². The molecule has 1 aromatic heterocycles. The second-order valence-corrected chi connectivity index (χ2v) is 4.36. The third kappa shape index (κ3) is 3.09. The Balaban J connectivity index is 2.48. The first-order valence-electron chi connectivity index (χ1n) is 6.44. The molecule has 6 nitrogen and oxygen atoms in total. The Morgan fingerprint density at radius 2 is 2.10 bits per heavy atom. The third-order valence-electron chi connectivity index (χ3n) is 2.85. The molecule has 0 saturated carbocycles. The monoisotopic (exact) mass is 272 g/mol. The molecule has 6 heteroatoms. The smallest absolute Gasteiger partial charge is 0.270 e. The molecule has 0 unspecified atom stereocenters. The van der Waals surface area contributed by atoms with Crippen LogP contribution in [0.5, 0.6) is 0 Å². The molecule has 104 valence electrons. The van der Waals surface area contributed by atoms with Crippen LogP contribution in [0.15, 0.2) is 30.3 Å². The van der Waals surface area contributed by atoms with E-state index in [1.54, 1.807) is 19.2 Å². The maximum absolute atomic E-state index is 10.8. The van der Waals surface area contributed by atoms with E-state index in [-0.39, 0.29) is 5.69 Å². The summed E-state index contributed by atoms with van der Waals surface area (Å²) in [6, 6.07) is 8.25. The van der Waals surface area contributed by atoms with E-state index in [1.165, 1.54) is 12.1 Å². The lowest BCUT2D eigenvalue weighted by Gasteiger charge is -2.07. The Morgan fingerprint density at radius 1 is 1.30 bits per heavy atom. The van der Waals surface area contributed by atoms with Crippen LogP contribution in [0.1, 0.15) is 19.2 Å². The fourth-order valence-electron chi connectivity index (χ4n) is 1.89. The minimum Gasteiger partial charge on any atom is -0.373 e. The number of anilines is 1. The summed E-state index contributed by atoms with van der Waals surface area (Å²) in [5.74, 6) is 1.45. The third-order valence-corrected chi connectivity index (χ3v) is 2.85. The van der Waals surface area contributed by atoms with Gasteiger partial charge in [-0.15, -0.1) is 0 Å². The van der Waals surface area contributed by atoms with Gasteiger partial charge in [0.05, 0.1) is 10.6 Å². The number of hydrogen-bond acceptors (Lipinski definition) is 5. The highest BCUT2D eigenvalue weighted by Gasteiger charge is 2.10. The molecule has 0 aliphatic carbocycles. The van der Waals surface area contributed by atoms with Crippen LogP contribution in [-0.4, -0.2) is 21.9 Å². The predicted molar refractivity (Wildman–Crippen MR) is 77.7 cm³/mol. The van der Waals surface area contributed by atoms with Gasteiger partial charge in [0.15, 0.2) is 0 Å². The maximum Gasteiger partial charge on any atom is 0.270 e. The molecule has 0 aliphatic rings. The van der Waals surface area contributed by atoms with Gasteiger partial charge in [0, 0.05) is 37.2 Å². The first-order valence-corrected chi connectivity index (χ1v) is 6.44. The van der Waals surface area contributed by atoms with Crippen LogP contribution >= 0.6 is 0 Å². The van der Waals surface area contributed by atoms with Crippen LogP contribution in [0.2, 0.25) is 0 Å². The molecule has 1 aromatic carbocycles. The summed E-state index contributed by atoms with van der Waals surface area (Å²) in [6.45, 7) is 2.06. The SMILES string of the molecule is CCCc1nc(NC)cc(-c2cccc([N+](=O)[O-])c2)n1. The molecule has 0 fully saturated rings. The molecule has 1 heterocycles. The first kappa shape index (κ1) is 13.9. The molecule has 0 atom stereocenters. The summed E-state index contributed by atoms with van der Waals surface area (Å²) in [5.41, 5.74) is 1.47. The van der Waals surface area contributed by atoms with E-state index >= 15 is 0 Å². The van der Waals surface area contributed by atoms with Crippen LogP contribution in [0.4, 0.5) is 11.5 Å². The molecule has 0 amide bonds. The van der Waals surface area contributed by atoms with Crippen molar-refractivity contribution in [2.45, 2.75) is 19.8 Å². The topological polar surface area (TPSA) is 81.0 Å². The number of nitrogens with zero attached hydrogens (tertiary/aromatic N) is 3. The number of hydrogen-bond donors (Lipinski definition) is 1. The number of aromatic nitrogens is 2. The molecule has 1 N–H and O–H groups in total. The van der Waals surface area contributed by atoms with Gasteiger partial charge >= 0.3 is 0 Å². The van der Waals surface area contributed by atoms with Crippen LogP contribution in [-0.2, 0) is 6.42 Å². The fourth-order valence-corrected chi connectivity index (χ4v) is 1.89. The van der Waals surface area contributed by atoms with E-state index in [9.17, 15) is 10.1 Å². The molecule has 20 heavy (non-hydrogen) atoms. The average Bonchev–Trinajstić information content (AvgIpc) is 2.47. The van der Waals surface area contributed by atoms with E-state index < -0.39 is 4.92 Å². The van der Waals surface area contributed by atoms with Crippen LogP contribution in [0.25, 0.3) is 11.3 Å². The van der Waals surface area contributed by atoms with Gasteiger partial charge in [0.25, 0.3) is 5.69 Å². The molecule has 2 rings (SSSR count). The molecule has 0 aliphatic heterocycles. The Bertz CT molecular complexity index is 628. The van der Waals surface area contributed by atoms with Crippen LogP contribution in [0, 0.1) is 10.1 Å².